The van der Waals surface area contributed by atoms with E-state index in [1.165, 1.54) is 0 Å². The molecular formula is C19H16N2O2. The summed E-state index contributed by atoms with van der Waals surface area (Å²) in [6.45, 7) is 0. The van der Waals surface area contributed by atoms with E-state index in [1.54, 1.807) is 24.5 Å². The van der Waals surface area contributed by atoms with Crippen LogP contribution >= 0.6 is 0 Å². The van der Waals surface area contributed by atoms with Crippen LogP contribution in [-0.2, 0) is 4.79 Å². The van der Waals surface area contributed by atoms with E-state index in [4.69, 9.17) is 0 Å². The summed E-state index contributed by atoms with van der Waals surface area (Å²) >= 11 is 0. The third kappa shape index (κ3) is 3.80. The van der Waals surface area contributed by atoms with Gasteiger partial charge in [-0.2, -0.15) is 0 Å². The van der Waals surface area contributed by atoms with Crippen LogP contribution in [0.5, 0.6) is 0 Å². The van der Waals surface area contributed by atoms with Crippen LogP contribution in [0, 0.1) is 0 Å². The van der Waals surface area contributed by atoms with Crippen LogP contribution in [0.3, 0.4) is 0 Å². The minimum absolute atomic E-state index is 0.0305. The van der Waals surface area contributed by atoms with Gasteiger partial charge in [-0.15, -0.1) is 0 Å². The normalized spacial score (nSPS) is 10.4. The van der Waals surface area contributed by atoms with Crippen LogP contribution in [0.1, 0.15) is 23.2 Å². The molecule has 0 saturated heterocycles. The van der Waals surface area contributed by atoms with Gasteiger partial charge < -0.3 is 5.32 Å². The van der Waals surface area contributed by atoms with E-state index in [0.717, 1.165) is 10.8 Å². The van der Waals surface area contributed by atoms with Crippen molar-refractivity contribution in [2.45, 2.75) is 12.8 Å². The Bertz CT molecular complexity index is 844. The molecule has 1 heterocycles. The first-order valence-corrected chi connectivity index (χ1v) is 7.44. The first-order valence-electron chi connectivity index (χ1n) is 7.44. The number of rotatable bonds is 5. The van der Waals surface area contributed by atoms with Gasteiger partial charge in [-0.1, -0.05) is 36.4 Å². The van der Waals surface area contributed by atoms with Gasteiger partial charge in [0.1, 0.15) is 0 Å². The third-order valence-corrected chi connectivity index (χ3v) is 3.60. The van der Waals surface area contributed by atoms with Crippen LogP contribution in [0.4, 0.5) is 5.69 Å². The average Bonchev–Trinajstić information content (AvgIpc) is 2.60. The number of benzene rings is 2. The summed E-state index contributed by atoms with van der Waals surface area (Å²) in [6, 6.07) is 17.0. The van der Waals surface area contributed by atoms with Gasteiger partial charge in [-0.3, -0.25) is 14.6 Å². The number of carbonyl (C=O) groups excluding carboxylic acids is 2. The first-order chi connectivity index (χ1) is 11.2. The molecule has 2 aromatic carbocycles. The van der Waals surface area contributed by atoms with Crippen LogP contribution in [0.15, 0.2) is 67.0 Å². The summed E-state index contributed by atoms with van der Waals surface area (Å²) in [4.78, 5) is 28.1. The lowest BCUT2D eigenvalue weighted by atomic mass is 10.0. The minimum Gasteiger partial charge on any atom is -0.325 e. The van der Waals surface area contributed by atoms with Gasteiger partial charge >= 0.3 is 0 Å². The maximum atomic E-state index is 12.3. The van der Waals surface area contributed by atoms with Crippen LogP contribution in [0.25, 0.3) is 10.8 Å². The molecule has 0 saturated carbocycles. The number of aromatic nitrogens is 1. The molecule has 3 aromatic rings. The largest absolute Gasteiger partial charge is 0.325 e. The highest BCUT2D eigenvalue weighted by Crippen LogP contribution is 2.17. The topological polar surface area (TPSA) is 59.1 Å². The van der Waals surface area contributed by atoms with Gasteiger partial charge in [0.05, 0.1) is 11.9 Å². The smallest absolute Gasteiger partial charge is 0.224 e. The molecule has 0 radical (unpaired) electrons. The van der Waals surface area contributed by atoms with Gasteiger partial charge in [-0.05, 0) is 29.0 Å². The van der Waals surface area contributed by atoms with Crippen molar-refractivity contribution in [2.24, 2.45) is 0 Å². The van der Waals surface area contributed by atoms with Gasteiger partial charge in [0.2, 0.25) is 5.91 Å². The third-order valence-electron chi connectivity index (χ3n) is 3.60. The molecule has 4 heteroatoms. The molecule has 0 aliphatic heterocycles. The number of nitrogens with zero attached hydrogens (tertiary/aromatic N) is 1. The van der Waals surface area contributed by atoms with Crippen molar-refractivity contribution in [3.8, 4) is 0 Å². The molecule has 0 fully saturated rings. The van der Waals surface area contributed by atoms with Crippen LogP contribution in [-0.4, -0.2) is 16.7 Å². The predicted molar refractivity (Wildman–Crippen MR) is 90.4 cm³/mol. The Balaban J connectivity index is 1.61. The lowest BCUT2D eigenvalue weighted by Gasteiger charge is -2.05. The summed E-state index contributed by atoms with van der Waals surface area (Å²) in [6.07, 6.45) is 3.55. The number of anilines is 1. The quantitative estimate of drug-likeness (QED) is 0.729. The van der Waals surface area contributed by atoms with Crippen LogP contribution < -0.4 is 5.32 Å². The Morgan fingerprint density at radius 1 is 0.913 bits per heavy atom. The molecule has 23 heavy (non-hydrogen) atoms. The zero-order valence-electron chi connectivity index (χ0n) is 12.5. The zero-order chi connectivity index (χ0) is 16.1. The van der Waals surface area contributed by atoms with E-state index < -0.39 is 0 Å². The van der Waals surface area contributed by atoms with Crippen molar-refractivity contribution < 1.29 is 9.59 Å². The van der Waals surface area contributed by atoms with E-state index in [9.17, 15) is 9.59 Å². The number of hydrogen-bond acceptors (Lipinski definition) is 3. The van der Waals surface area contributed by atoms with Crippen LogP contribution in [0.2, 0.25) is 0 Å². The maximum Gasteiger partial charge on any atom is 0.224 e. The summed E-state index contributed by atoms with van der Waals surface area (Å²) < 4.78 is 0. The summed E-state index contributed by atoms with van der Waals surface area (Å²) in [7, 11) is 0. The molecule has 114 valence electrons. The fourth-order valence-corrected chi connectivity index (χ4v) is 2.39. The van der Waals surface area contributed by atoms with Crippen molar-refractivity contribution in [3.63, 3.8) is 0 Å². The highest BCUT2D eigenvalue weighted by molar-refractivity contribution is 6.02. The number of pyridine rings is 1. The van der Waals surface area contributed by atoms with E-state index >= 15 is 0 Å². The highest BCUT2D eigenvalue weighted by atomic mass is 16.2. The van der Waals surface area contributed by atoms with Crippen molar-refractivity contribution >= 4 is 28.2 Å². The fourth-order valence-electron chi connectivity index (χ4n) is 2.39. The number of carbonyl (C=O) groups is 2. The summed E-state index contributed by atoms with van der Waals surface area (Å²) in [5, 5.41) is 4.85. The minimum atomic E-state index is -0.188. The molecule has 0 aliphatic rings. The van der Waals surface area contributed by atoms with E-state index in [1.807, 2.05) is 42.5 Å². The molecule has 4 nitrogen and oxygen atoms in total. The standard InChI is InChI=1S/C19H16N2O2/c22-18(9-10-19(23)21-17-6-3-11-20-13-17)16-8-7-14-4-1-2-5-15(14)12-16/h1-8,11-13H,9-10H2,(H,21,23). The Hall–Kier alpha value is -3.01. The Morgan fingerprint density at radius 2 is 1.74 bits per heavy atom. The molecule has 0 spiro atoms. The number of ketones is 1. The number of fused-ring (bicyclic) bond motifs is 1. The molecular weight excluding hydrogens is 288 g/mol. The van der Waals surface area contributed by atoms with E-state index in [-0.39, 0.29) is 24.5 Å². The highest BCUT2D eigenvalue weighted by Gasteiger charge is 2.10. The Morgan fingerprint density at radius 3 is 2.52 bits per heavy atom. The summed E-state index contributed by atoms with van der Waals surface area (Å²) in [5.74, 6) is -0.218. The molecule has 0 bridgehead atoms. The van der Waals surface area contributed by atoms with Crippen molar-refractivity contribution in [2.75, 3.05) is 5.32 Å². The fraction of sp³-hybridized carbons (Fsp3) is 0.105. The first kappa shape index (κ1) is 14.9. The van der Waals surface area contributed by atoms with Crippen molar-refractivity contribution in [1.82, 2.24) is 4.98 Å². The molecule has 0 aliphatic carbocycles. The molecule has 1 N–H and O–H groups in total. The number of nitrogens with one attached hydrogen (secondary N) is 1. The molecule has 3 rings (SSSR count). The van der Waals surface area contributed by atoms with Gasteiger partial charge in [0, 0.05) is 24.6 Å². The zero-order valence-corrected chi connectivity index (χ0v) is 12.5. The Kier molecular flexibility index (Phi) is 4.43. The SMILES string of the molecule is O=C(CCC(=O)c1ccc2ccccc2c1)Nc1cccnc1. The maximum absolute atomic E-state index is 12.3. The molecule has 1 aromatic heterocycles. The lowest BCUT2D eigenvalue weighted by Crippen LogP contribution is -2.13. The van der Waals surface area contributed by atoms with Crippen molar-refractivity contribution in [3.05, 3.63) is 72.6 Å². The number of hydrogen-bond donors (Lipinski definition) is 1. The molecule has 1 amide bonds. The molecule has 0 unspecified atom stereocenters. The second kappa shape index (κ2) is 6.83. The van der Waals surface area contributed by atoms with E-state index in [2.05, 4.69) is 10.3 Å². The lowest BCUT2D eigenvalue weighted by molar-refractivity contribution is -0.116. The second-order valence-electron chi connectivity index (χ2n) is 5.27. The van der Waals surface area contributed by atoms with Gasteiger partial charge in [-0.25, -0.2) is 0 Å². The number of Topliss-reactive ketones (excluding diaryl/α,β-unsaturated/α-hetero) is 1. The average molecular weight is 304 g/mol. The molecule has 0 atom stereocenters. The number of amides is 1. The Labute approximate surface area is 134 Å². The second-order valence-corrected chi connectivity index (χ2v) is 5.27. The van der Waals surface area contributed by atoms with Gasteiger partial charge in [0.25, 0.3) is 0 Å². The monoisotopic (exact) mass is 304 g/mol. The van der Waals surface area contributed by atoms with Crippen molar-refractivity contribution in [1.29, 1.82) is 0 Å². The summed E-state index contributed by atoms with van der Waals surface area (Å²) in [5.41, 5.74) is 1.27. The van der Waals surface area contributed by atoms with E-state index in [0.29, 0.717) is 11.3 Å². The predicted octanol–water partition coefficient (Wildman–Crippen LogP) is 3.84. The van der Waals surface area contributed by atoms with Gasteiger partial charge in [0.15, 0.2) is 5.78 Å².